The van der Waals surface area contributed by atoms with Crippen LogP contribution in [0.25, 0.3) is 0 Å². The molecule has 19 heavy (non-hydrogen) atoms. The van der Waals surface area contributed by atoms with Gasteiger partial charge in [0.1, 0.15) is 11.4 Å². The summed E-state index contributed by atoms with van der Waals surface area (Å²) in [5, 5.41) is 8.42. The fraction of sp³-hybridized carbons (Fsp3) is 0.200. The maximum Gasteiger partial charge on any atom is 0.146 e. The first kappa shape index (κ1) is 13.1. The second kappa shape index (κ2) is 6.00. The summed E-state index contributed by atoms with van der Waals surface area (Å²) >= 11 is 0. The molecule has 4 nitrogen and oxygen atoms in total. The average Bonchev–Trinajstić information content (AvgIpc) is 2.45. The Hall–Kier alpha value is -2.36. The molecule has 2 rings (SSSR count). The van der Waals surface area contributed by atoms with E-state index in [4.69, 9.17) is 4.74 Å². The molecule has 0 aliphatic carbocycles. The summed E-state index contributed by atoms with van der Waals surface area (Å²) in [4.78, 5) is 2.04. The van der Waals surface area contributed by atoms with Crippen LogP contribution in [0.4, 0.5) is 17.1 Å². The molecule has 0 aromatic heterocycles. The summed E-state index contributed by atoms with van der Waals surface area (Å²) in [6.45, 7) is 0. The third-order valence-corrected chi connectivity index (χ3v) is 2.72. The van der Waals surface area contributed by atoms with Gasteiger partial charge in [0.15, 0.2) is 0 Å². The fourth-order valence-electron chi connectivity index (χ4n) is 1.64. The molecule has 0 saturated carbocycles. The summed E-state index contributed by atoms with van der Waals surface area (Å²) in [5.41, 5.74) is 2.68. The van der Waals surface area contributed by atoms with Gasteiger partial charge in [0, 0.05) is 19.8 Å². The van der Waals surface area contributed by atoms with Gasteiger partial charge in [-0.15, -0.1) is 5.11 Å². The minimum atomic E-state index is 0.719. The number of hydrogen-bond acceptors (Lipinski definition) is 4. The normalized spacial score (nSPS) is 10.7. The monoisotopic (exact) mass is 255 g/mol. The first-order valence-electron chi connectivity index (χ1n) is 6.03. The summed E-state index contributed by atoms with van der Waals surface area (Å²) in [7, 11) is 5.64. The number of methoxy groups -OCH3 is 1. The fourth-order valence-corrected chi connectivity index (χ4v) is 1.64. The van der Waals surface area contributed by atoms with E-state index < -0.39 is 0 Å². The molecule has 0 spiro atoms. The highest BCUT2D eigenvalue weighted by Crippen LogP contribution is 2.28. The number of anilines is 1. The lowest BCUT2D eigenvalue weighted by Gasteiger charge is -2.11. The lowest BCUT2D eigenvalue weighted by atomic mass is 10.3. The van der Waals surface area contributed by atoms with Gasteiger partial charge in [-0.3, -0.25) is 0 Å². The molecular weight excluding hydrogens is 238 g/mol. The number of para-hydroxylation sites is 1. The van der Waals surface area contributed by atoms with Crippen molar-refractivity contribution >= 4 is 17.1 Å². The molecule has 98 valence electrons. The highest BCUT2D eigenvalue weighted by Gasteiger charge is 1.99. The van der Waals surface area contributed by atoms with Gasteiger partial charge in [-0.05, 0) is 36.4 Å². The SMILES string of the molecule is COc1ccccc1N=Nc1ccc(N(C)C)cc1. The maximum absolute atomic E-state index is 5.22. The average molecular weight is 255 g/mol. The quantitative estimate of drug-likeness (QED) is 0.769. The second-order valence-corrected chi connectivity index (χ2v) is 4.28. The molecule has 2 aromatic rings. The third kappa shape index (κ3) is 3.31. The van der Waals surface area contributed by atoms with E-state index in [-0.39, 0.29) is 0 Å². The molecule has 0 saturated heterocycles. The summed E-state index contributed by atoms with van der Waals surface area (Å²) in [6.07, 6.45) is 0. The van der Waals surface area contributed by atoms with E-state index >= 15 is 0 Å². The molecule has 0 unspecified atom stereocenters. The Bertz CT molecular complexity index is 562. The number of rotatable bonds is 4. The van der Waals surface area contributed by atoms with Crippen molar-refractivity contribution in [2.24, 2.45) is 10.2 Å². The first-order valence-corrected chi connectivity index (χ1v) is 6.03. The molecule has 0 aliphatic heterocycles. The molecule has 0 bridgehead atoms. The van der Waals surface area contributed by atoms with Crippen molar-refractivity contribution < 1.29 is 4.74 Å². The zero-order valence-corrected chi connectivity index (χ0v) is 11.4. The van der Waals surface area contributed by atoms with Crippen molar-refractivity contribution in [3.05, 3.63) is 48.5 Å². The van der Waals surface area contributed by atoms with Crippen LogP contribution in [0, 0.1) is 0 Å². The molecule has 0 N–H and O–H groups in total. The van der Waals surface area contributed by atoms with Gasteiger partial charge in [0.05, 0.1) is 12.8 Å². The smallest absolute Gasteiger partial charge is 0.146 e. The van der Waals surface area contributed by atoms with E-state index in [2.05, 4.69) is 10.2 Å². The largest absolute Gasteiger partial charge is 0.494 e. The van der Waals surface area contributed by atoms with Gasteiger partial charge in [-0.1, -0.05) is 12.1 Å². The molecule has 2 aromatic carbocycles. The highest BCUT2D eigenvalue weighted by atomic mass is 16.5. The molecule has 0 amide bonds. The van der Waals surface area contributed by atoms with E-state index in [1.165, 1.54) is 0 Å². The Balaban J connectivity index is 2.18. The van der Waals surface area contributed by atoms with Crippen LogP contribution in [-0.2, 0) is 0 Å². The van der Waals surface area contributed by atoms with E-state index in [1.54, 1.807) is 7.11 Å². The van der Waals surface area contributed by atoms with Crippen molar-refractivity contribution in [2.45, 2.75) is 0 Å². The number of hydrogen-bond donors (Lipinski definition) is 0. The number of azo groups is 1. The van der Waals surface area contributed by atoms with Gasteiger partial charge in [0.25, 0.3) is 0 Å². The van der Waals surface area contributed by atoms with Crippen LogP contribution < -0.4 is 9.64 Å². The van der Waals surface area contributed by atoms with Gasteiger partial charge in [-0.2, -0.15) is 5.11 Å². The molecule has 0 heterocycles. The van der Waals surface area contributed by atoms with Crippen molar-refractivity contribution in [3.63, 3.8) is 0 Å². The predicted molar refractivity (Wildman–Crippen MR) is 77.9 cm³/mol. The lowest BCUT2D eigenvalue weighted by molar-refractivity contribution is 0.416. The van der Waals surface area contributed by atoms with Gasteiger partial charge >= 0.3 is 0 Å². The minimum absolute atomic E-state index is 0.719. The molecule has 0 fully saturated rings. The Labute approximate surface area is 113 Å². The van der Waals surface area contributed by atoms with Crippen molar-refractivity contribution in [2.75, 3.05) is 26.1 Å². The Morgan fingerprint density at radius 1 is 0.895 bits per heavy atom. The Morgan fingerprint density at radius 3 is 2.21 bits per heavy atom. The Morgan fingerprint density at radius 2 is 1.58 bits per heavy atom. The summed E-state index contributed by atoms with van der Waals surface area (Å²) in [5.74, 6) is 0.719. The summed E-state index contributed by atoms with van der Waals surface area (Å²) < 4.78 is 5.22. The highest BCUT2D eigenvalue weighted by molar-refractivity contribution is 5.53. The zero-order chi connectivity index (χ0) is 13.7. The van der Waals surface area contributed by atoms with E-state index in [0.29, 0.717) is 0 Å². The first-order chi connectivity index (χ1) is 9.20. The minimum Gasteiger partial charge on any atom is -0.494 e. The molecule has 0 atom stereocenters. The predicted octanol–water partition coefficient (Wildman–Crippen LogP) is 4.18. The maximum atomic E-state index is 5.22. The van der Waals surface area contributed by atoms with Crippen LogP contribution in [0.15, 0.2) is 58.8 Å². The third-order valence-electron chi connectivity index (χ3n) is 2.72. The molecule has 0 radical (unpaired) electrons. The van der Waals surface area contributed by atoms with Gasteiger partial charge in [0.2, 0.25) is 0 Å². The standard InChI is InChI=1S/C15H17N3O/c1-18(2)13-10-8-12(9-11-13)16-17-14-6-4-5-7-15(14)19-3/h4-11H,1-3H3. The van der Waals surface area contributed by atoms with Crippen LogP contribution in [0.2, 0.25) is 0 Å². The van der Waals surface area contributed by atoms with Crippen molar-refractivity contribution in [1.82, 2.24) is 0 Å². The molecular formula is C15H17N3O. The van der Waals surface area contributed by atoms with Crippen LogP contribution in [-0.4, -0.2) is 21.2 Å². The van der Waals surface area contributed by atoms with E-state index in [9.17, 15) is 0 Å². The van der Waals surface area contributed by atoms with Crippen LogP contribution in [0.1, 0.15) is 0 Å². The number of nitrogens with zero attached hydrogens (tertiary/aromatic N) is 3. The molecule has 4 heteroatoms. The zero-order valence-electron chi connectivity index (χ0n) is 11.4. The van der Waals surface area contributed by atoms with Gasteiger partial charge < -0.3 is 9.64 Å². The molecule has 0 aliphatic rings. The van der Waals surface area contributed by atoms with Crippen LogP contribution in [0.3, 0.4) is 0 Å². The van der Waals surface area contributed by atoms with Crippen molar-refractivity contribution in [1.29, 1.82) is 0 Å². The topological polar surface area (TPSA) is 37.2 Å². The Kier molecular flexibility index (Phi) is 4.13. The lowest BCUT2D eigenvalue weighted by Crippen LogP contribution is -2.07. The number of benzene rings is 2. The summed E-state index contributed by atoms with van der Waals surface area (Å²) in [6, 6.07) is 15.4. The second-order valence-electron chi connectivity index (χ2n) is 4.28. The van der Waals surface area contributed by atoms with Crippen LogP contribution >= 0.6 is 0 Å². The van der Waals surface area contributed by atoms with Crippen molar-refractivity contribution in [3.8, 4) is 5.75 Å². The van der Waals surface area contributed by atoms with E-state index in [0.717, 1.165) is 22.8 Å². The van der Waals surface area contributed by atoms with E-state index in [1.807, 2.05) is 67.5 Å². The van der Waals surface area contributed by atoms with Crippen LogP contribution in [0.5, 0.6) is 5.75 Å². The van der Waals surface area contributed by atoms with Gasteiger partial charge in [-0.25, -0.2) is 0 Å². The number of ether oxygens (including phenoxy) is 1.